The molecule has 168 valence electrons. The summed E-state index contributed by atoms with van der Waals surface area (Å²) in [7, 11) is 0. The smallest absolute Gasteiger partial charge is 0.278 e. The number of carbonyl (C=O) groups is 2. The molecule has 0 fully saturated rings. The van der Waals surface area contributed by atoms with Crippen LogP contribution >= 0.6 is 0 Å². The molecule has 0 bridgehead atoms. The summed E-state index contributed by atoms with van der Waals surface area (Å²) in [5.41, 5.74) is 5.41. The highest BCUT2D eigenvalue weighted by Gasteiger charge is 2.41. The lowest BCUT2D eigenvalue weighted by Gasteiger charge is -2.25. The highest BCUT2D eigenvalue weighted by molar-refractivity contribution is 6.35. The van der Waals surface area contributed by atoms with E-state index in [2.05, 4.69) is 0 Å². The van der Waals surface area contributed by atoms with Crippen molar-refractivity contribution in [2.24, 2.45) is 0 Å². The van der Waals surface area contributed by atoms with Crippen LogP contribution in [0.25, 0.3) is 5.57 Å². The third-order valence-corrected chi connectivity index (χ3v) is 5.96. The fraction of sp³-hybridized carbons (Fsp3) is 0.214. The monoisotopic (exact) mass is 442 g/mol. The largest absolute Gasteiger partial charge is 0.362 e. The molecule has 3 aromatic carbocycles. The van der Waals surface area contributed by atoms with Crippen molar-refractivity contribution in [3.63, 3.8) is 0 Å². The van der Waals surface area contributed by atoms with Gasteiger partial charge in [-0.05, 0) is 55.2 Å². The van der Waals surface area contributed by atoms with E-state index < -0.39 is 0 Å². The summed E-state index contributed by atoms with van der Waals surface area (Å²) in [5, 5.41) is 0. The molecule has 5 heteroatoms. The average molecular weight is 443 g/mol. The number of hydrogen-bond donors (Lipinski definition) is 0. The summed E-state index contributed by atoms with van der Waals surface area (Å²) in [6.45, 7) is 7.13. The van der Waals surface area contributed by atoms with Crippen LogP contribution in [0.1, 0.15) is 34.7 Å². The number of amides is 2. The first-order valence-electron chi connectivity index (χ1n) is 11.1. The molecule has 0 aliphatic carbocycles. The van der Waals surface area contributed by atoms with Gasteiger partial charge in [0, 0.05) is 13.1 Å². The molecule has 4 rings (SSSR count). The molecule has 33 heavy (non-hydrogen) atoms. The number of carbonyl (C=O) groups excluding carboxylic acids is 2. The lowest BCUT2D eigenvalue weighted by molar-refractivity contribution is -0.138. The fourth-order valence-corrected chi connectivity index (χ4v) is 4.26. The summed E-state index contributed by atoms with van der Waals surface area (Å²) in [5.74, 6) is -0.998. The summed E-state index contributed by atoms with van der Waals surface area (Å²) < 4.78 is 13.4. The van der Waals surface area contributed by atoms with Crippen molar-refractivity contribution in [1.82, 2.24) is 9.80 Å². The van der Waals surface area contributed by atoms with E-state index in [-0.39, 0.29) is 24.2 Å². The SMILES string of the molecule is CCN(Cc1ccccc1)C1=C(c2ccc(C)cc2C)C(=O)N(Cc2ccc(F)cc2)C1=O. The Labute approximate surface area is 194 Å². The molecule has 0 N–H and O–H groups in total. The Bertz CT molecular complexity index is 1220. The molecule has 0 saturated carbocycles. The molecule has 4 nitrogen and oxygen atoms in total. The topological polar surface area (TPSA) is 40.6 Å². The number of aryl methyl sites for hydroxylation is 2. The van der Waals surface area contributed by atoms with Crippen molar-refractivity contribution in [3.8, 4) is 0 Å². The van der Waals surface area contributed by atoms with Gasteiger partial charge in [-0.1, -0.05) is 66.2 Å². The van der Waals surface area contributed by atoms with Gasteiger partial charge in [0.1, 0.15) is 11.5 Å². The standard InChI is InChI=1S/C28H27FN2O2/c1-4-30(17-21-8-6-5-7-9-21)26-25(24-15-10-19(2)16-20(24)3)27(32)31(28(26)33)18-22-11-13-23(29)14-12-22/h5-16H,4,17-18H2,1-3H3. The Balaban J connectivity index is 1.79. The molecule has 1 aliphatic rings. The quantitative estimate of drug-likeness (QED) is 0.470. The van der Waals surface area contributed by atoms with Crippen LogP contribution < -0.4 is 0 Å². The Hall–Kier alpha value is -3.73. The van der Waals surface area contributed by atoms with Crippen LogP contribution in [0.4, 0.5) is 4.39 Å². The van der Waals surface area contributed by atoms with E-state index in [4.69, 9.17) is 0 Å². The van der Waals surface area contributed by atoms with Gasteiger partial charge in [0.2, 0.25) is 0 Å². The molecule has 0 aromatic heterocycles. The Morgan fingerprint density at radius 3 is 2.18 bits per heavy atom. The number of nitrogens with zero attached hydrogens (tertiary/aromatic N) is 2. The maximum Gasteiger partial charge on any atom is 0.278 e. The number of hydrogen-bond acceptors (Lipinski definition) is 3. The highest BCUT2D eigenvalue weighted by atomic mass is 19.1. The van der Waals surface area contributed by atoms with E-state index in [0.717, 1.165) is 22.3 Å². The first-order valence-corrected chi connectivity index (χ1v) is 11.1. The molecule has 2 amide bonds. The highest BCUT2D eigenvalue weighted by Crippen LogP contribution is 2.35. The number of halogens is 1. The molecule has 3 aromatic rings. The van der Waals surface area contributed by atoms with Crippen LogP contribution in [0.15, 0.2) is 78.5 Å². The molecule has 1 heterocycles. The molecule has 0 spiro atoms. The molecule has 0 saturated heterocycles. The Morgan fingerprint density at radius 1 is 0.848 bits per heavy atom. The van der Waals surface area contributed by atoms with E-state index in [0.29, 0.717) is 29.9 Å². The minimum Gasteiger partial charge on any atom is -0.362 e. The van der Waals surface area contributed by atoms with Gasteiger partial charge in [0.15, 0.2) is 0 Å². The normalized spacial score (nSPS) is 13.8. The van der Waals surface area contributed by atoms with Gasteiger partial charge < -0.3 is 4.90 Å². The summed E-state index contributed by atoms with van der Waals surface area (Å²) in [6, 6.07) is 21.7. The number of rotatable bonds is 7. The average Bonchev–Trinajstić information content (AvgIpc) is 3.04. The number of likely N-dealkylation sites (N-methyl/N-ethyl adjacent to an activating group) is 1. The van der Waals surface area contributed by atoms with Gasteiger partial charge in [0.05, 0.1) is 12.1 Å². The second kappa shape index (κ2) is 9.41. The van der Waals surface area contributed by atoms with Crippen molar-refractivity contribution in [2.75, 3.05) is 6.54 Å². The first kappa shape index (κ1) is 22.5. The lowest BCUT2D eigenvalue weighted by atomic mass is 9.97. The van der Waals surface area contributed by atoms with E-state index in [1.165, 1.54) is 17.0 Å². The zero-order valence-corrected chi connectivity index (χ0v) is 19.1. The van der Waals surface area contributed by atoms with E-state index in [1.807, 2.05) is 74.2 Å². The van der Waals surface area contributed by atoms with Gasteiger partial charge in [-0.15, -0.1) is 0 Å². The van der Waals surface area contributed by atoms with E-state index in [9.17, 15) is 14.0 Å². The van der Waals surface area contributed by atoms with Gasteiger partial charge >= 0.3 is 0 Å². The number of benzene rings is 3. The van der Waals surface area contributed by atoms with Crippen molar-refractivity contribution in [1.29, 1.82) is 0 Å². The maximum absolute atomic E-state index is 13.7. The second-order valence-corrected chi connectivity index (χ2v) is 8.36. The second-order valence-electron chi connectivity index (χ2n) is 8.36. The predicted molar refractivity (Wildman–Crippen MR) is 127 cm³/mol. The first-order chi connectivity index (χ1) is 15.9. The van der Waals surface area contributed by atoms with Crippen LogP contribution in [0, 0.1) is 19.7 Å². The van der Waals surface area contributed by atoms with Crippen molar-refractivity contribution in [3.05, 3.63) is 112 Å². The van der Waals surface area contributed by atoms with Crippen molar-refractivity contribution in [2.45, 2.75) is 33.9 Å². The zero-order chi connectivity index (χ0) is 23.5. The van der Waals surface area contributed by atoms with E-state index >= 15 is 0 Å². The van der Waals surface area contributed by atoms with Crippen molar-refractivity contribution >= 4 is 17.4 Å². The summed E-state index contributed by atoms with van der Waals surface area (Å²) in [6.07, 6.45) is 0. The fourth-order valence-electron chi connectivity index (χ4n) is 4.26. The summed E-state index contributed by atoms with van der Waals surface area (Å²) in [4.78, 5) is 30.6. The van der Waals surface area contributed by atoms with Crippen LogP contribution in [0.2, 0.25) is 0 Å². The third kappa shape index (κ3) is 4.58. The minimum atomic E-state index is -0.354. The number of imide groups is 1. The van der Waals surface area contributed by atoms with Crippen LogP contribution in [-0.2, 0) is 22.7 Å². The molecule has 1 aliphatic heterocycles. The Morgan fingerprint density at radius 2 is 1.55 bits per heavy atom. The minimum absolute atomic E-state index is 0.0960. The molecule has 0 unspecified atom stereocenters. The van der Waals surface area contributed by atoms with Gasteiger partial charge in [-0.3, -0.25) is 14.5 Å². The predicted octanol–water partition coefficient (Wildman–Crippen LogP) is 5.24. The van der Waals surface area contributed by atoms with Crippen LogP contribution in [-0.4, -0.2) is 28.2 Å². The maximum atomic E-state index is 13.7. The van der Waals surface area contributed by atoms with Crippen LogP contribution in [0.3, 0.4) is 0 Å². The van der Waals surface area contributed by atoms with Crippen molar-refractivity contribution < 1.29 is 14.0 Å². The molecular formula is C28H27FN2O2. The zero-order valence-electron chi connectivity index (χ0n) is 19.1. The van der Waals surface area contributed by atoms with Crippen LogP contribution in [0.5, 0.6) is 0 Å². The summed E-state index contributed by atoms with van der Waals surface area (Å²) >= 11 is 0. The van der Waals surface area contributed by atoms with E-state index in [1.54, 1.807) is 12.1 Å². The molecular weight excluding hydrogens is 415 g/mol. The third-order valence-electron chi connectivity index (χ3n) is 5.96. The molecule has 0 atom stereocenters. The Kier molecular flexibility index (Phi) is 6.40. The van der Waals surface area contributed by atoms with Gasteiger partial charge in [0.25, 0.3) is 11.8 Å². The molecule has 0 radical (unpaired) electrons. The van der Waals surface area contributed by atoms with Gasteiger partial charge in [-0.25, -0.2) is 4.39 Å². The lowest BCUT2D eigenvalue weighted by Crippen LogP contribution is -2.34. The van der Waals surface area contributed by atoms with Gasteiger partial charge in [-0.2, -0.15) is 0 Å².